The van der Waals surface area contributed by atoms with Gasteiger partial charge < -0.3 is 24.3 Å². The van der Waals surface area contributed by atoms with Crippen LogP contribution >= 0.6 is 0 Å². The minimum Gasteiger partial charge on any atom is -0.486 e. The first-order chi connectivity index (χ1) is 15.6. The summed E-state index contributed by atoms with van der Waals surface area (Å²) in [6.45, 7) is 4.06. The summed E-state index contributed by atoms with van der Waals surface area (Å²) in [6.07, 6.45) is 1.83. The Labute approximate surface area is 185 Å². The van der Waals surface area contributed by atoms with Crippen LogP contribution in [-0.2, 0) is 16.1 Å². The second-order valence-electron chi connectivity index (χ2n) is 7.74. The number of carbonyl (C=O) groups is 2. The van der Waals surface area contributed by atoms with E-state index in [0.717, 1.165) is 17.9 Å². The van der Waals surface area contributed by atoms with Crippen molar-refractivity contribution in [3.8, 4) is 22.9 Å². The quantitative estimate of drug-likeness (QED) is 0.664. The summed E-state index contributed by atoms with van der Waals surface area (Å²) >= 11 is 0. The lowest BCUT2D eigenvalue weighted by molar-refractivity contribution is -0.122. The van der Waals surface area contributed by atoms with E-state index in [1.807, 2.05) is 41.8 Å². The third kappa shape index (κ3) is 3.77. The number of benzene rings is 2. The number of amides is 2. The van der Waals surface area contributed by atoms with Crippen LogP contribution in [0, 0.1) is 5.92 Å². The van der Waals surface area contributed by atoms with E-state index in [9.17, 15) is 9.59 Å². The van der Waals surface area contributed by atoms with Crippen molar-refractivity contribution >= 4 is 23.2 Å². The van der Waals surface area contributed by atoms with Crippen LogP contribution in [0.2, 0.25) is 0 Å². The largest absolute Gasteiger partial charge is 0.486 e. The van der Waals surface area contributed by atoms with Gasteiger partial charge in [-0.2, -0.15) is 0 Å². The fraction of sp³-hybridized carbons (Fsp3) is 0.304. The summed E-state index contributed by atoms with van der Waals surface area (Å²) in [5, 5.41) is 11.1. The Balaban J connectivity index is 1.29. The van der Waals surface area contributed by atoms with Gasteiger partial charge in [0, 0.05) is 42.5 Å². The van der Waals surface area contributed by atoms with E-state index in [-0.39, 0.29) is 18.2 Å². The molecular weight excluding hydrogens is 410 g/mol. The number of fused-ring (bicyclic) bond motifs is 1. The van der Waals surface area contributed by atoms with E-state index in [1.165, 1.54) is 0 Å². The minimum absolute atomic E-state index is 0.0911. The zero-order valence-electron chi connectivity index (χ0n) is 17.7. The van der Waals surface area contributed by atoms with Crippen molar-refractivity contribution < 1.29 is 19.1 Å². The van der Waals surface area contributed by atoms with E-state index in [2.05, 4.69) is 15.5 Å². The van der Waals surface area contributed by atoms with Crippen LogP contribution < -0.4 is 19.7 Å². The van der Waals surface area contributed by atoms with E-state index < -0.39 is 5.92 Å². The van der Waals surface area contributed by atoms with Crippen LogP contribution in [0.25, 0.3) is 11.4 Å². The van der Waals surface area contributed by atoms with E-state index >= 15 is 0 Å². The Morgan fingerprint density at radius 2 is 2.00 bits per heavy atom. The Hall–Kier alpha value is -3.88. The van der Waals surface area contributed by atoms with Crippen LogP contribution in [0.4, 0.5) is 11.4 Å². The number of nitrogens with zero attached hydrogens (tertiary/aromatic N) is 4. The Bertz CT molecular complexity index is 1170. The zero-order valence-corrected chi connectivity index (χ0v) is 17.7. The van der Waals surface area contributed by atoms with Gasteiger partial charge in [0.25, 0.3) is 0 Å². The second kappa shape index (κ2) is 8.33. The highest BCUT2D eigenvalue weighted by molar-refractivity contribution is 6.03. The molecule has 1 aromatic heterocycles. The van der Waals surface area contributed by atoms with Gasteiger partial charge in [-0.15, -0.1) is 10.2 Å². The molecule has 5 rings (SSSR count). The second-order valence-corrected chi connectivity index (χ2v) is 7.74. The molecule has 9 nitrogen and oxygen atoms in total. The summed E-state index contributed by atoms with van der Waals surface area (Å²) in [6, 6.07) is 12.9. The molecule has 2 aliphatic rings. The molecule has 0 bridgehead atoms. The fourth-order valence-corrected chi connectivity index (χ4v) is 4.02. The number of aromatic nitrogens is 3. The maximum absolute atomic E-state index is 12.9. The van der Waals surface area contributed by atoms with Crippen molar-refractivity contribution in [1.29, 1.82) is 0 Å². The van der Waals surface area contributed by atoms with Crippen molar-refractivity contribution in [3.05, 3.63) is 48.8 Å². The van der Waals surface area contributed by atoms with E-state index in [0.29, 0.717) is 42.6 Å². The van der Waals surface area contributed by atoms with Gasteiger partial charge in [0.05, 0.1) is 5.92 Å². The Morgan fingerprint density at radius 3 is 2.84 bits per heavy atom. The Kier molecular flexibility index (Phi) is 5.22. The van der Waals surface area contributed by atoms with Crippen LogP contribution in [-0.4, -0.2) is 46.3 Å². The van der Waals surface area contributed by atoms with Crippen LogP contribution in [0.5, 0.6) is 11.5 Å². The van der Waals surface area contributed by atoms with Crippen LogP contribution in [0.3, 0.4) is 0 Å². The summed E-state index contributed by atoms with van der Waals surface area (Å²) in [5.41, 5.74) is 2.22. The highest BCUT2D eigenvalue weighted by atomic mass is 16.6. The number of ether oxygens (including phenoxy) is 2. The first kappa shape index (κ1) is 20.0. The molecule has 164 valence electrons. The molecule has 0 spiro atoms. The van der Waals surface area contributed by atoms with Gasteiger partial charge >= 0.3 is 0 Å². The summed E-state index contributed by atoms with van der Waals surface area (Å²) in [7, 11) is 0. The Morgan fingerprint density at radius 1 is 1.16 bits per heavy atom. The molecule has 9 heteroatoms. The minimum atomic E-state index is -0.446. The number of carbonyl (C=O) groups excluding carboxylic acids is 2. The maximum Gasteiger partial charge on any atom is 0.229 e. The third-order valence-corrected chi connectivity index (χ3v) is 5.68. The number of aryl methyl sites for hydroxylation is 1. The van der Waals surface area contributed by atoms with E-state index in [1.54, 1.807) is 23.4 Å². The number of hydrogen-bond acceptors (Lipinski definition) is 6. The molecule has 1 unspecified atom stereocenters. The highest BCUT2D eigenvalue weighted by Crippen LogP contribution is 2.36. The summed E-state index contributed by atoms with van der Waals surface area (Å²) in [4.78, 5) is 27.2. The van der Waals surface area contributed by atoms with Crippen molar-refractivity contribution in [2.24, 2.45) is 5.92 Å². The third-order valence-electron chi connectivity index (χ3n) is 5.68. The number of nitrogens with one attached hydrogen (secondary N) is 1. The normalized spacial score (nSPS) is 17.5. The van der Waals surface area contributed by atoms with Gasteiger partial charge in [-0.25, -0.2) is 0 Å². The molecule has 2 aliphatic heterocycles. The number of anilines is 2. The monoisotopic (exact) mass is 433 g/mol. The van der Waals surface area contributed by atoms with Crippen molar-refractivity contribution in [1.82, 2.24) is 14.8 Å². The molecule has 1 fully saturated rings. The standard InChI is InChI=1S/C23H23N5O4/c1-2-27-14-24-26-22(27)15-4-3-5-17(10-15)25-23(30)16-11-21(29)28(13-16)18-6-7-19-20(12-18)32-9-8-31-19/h3-7,10,12,14,16H,2,8-9,11,13H2,1H3,(H,25,30). The average molecular weight is 433 g/mol. The van der Waals surface area contributed by atoms with Crippen molar-refractivity contribution in [3.63, 3.8) is 0 Å². The van der Waals surface area contributed by atoms with Gasteiger partial charge in [0.2, 0.25) is 11.8 Å². The number of rotatable bonds is 5. The van der Waals surface area contributed by atoms with Crippen LogP contribution in [0.15, 0.2) is 48.8 Å². The SMILES string of the molecule is CCn1cnnc1-c1cccc(NC(=O)C2CC(=O)N(c3ccc4c(c3)OCCO4)C2)c1. The smallest absolute Gasteiger partial charge is 0.229 e. The molecule has 32 heavy (non-hydrogen) atoms. The maximum atomic E-state index is 12.9. The lowest BCUT2D eigenvalue weighted by Crippen LogP contribution is -2.28. The topological polar surface area (TPSA) is 98.6 Å². The van der Waals surface area contributed by atoms with Crippen LogP contribution in [0.1, 0.15) is 13.3 Å². The van der Waals surface area contributed by atoms with Gasteiger partial charge in [-0.3, -0.25) is 9.59 Å². The fourth-order valence-electron chi connectivity index (χ4n) is 4.02. The van der Waals surface area contributed by atoms with E-state index in [4.69, 9.17) is 9.47 Å². The lowest BCUT2D eigenvalue weighted by Gasteiger charge is -2.22. The molecule has 3 heterocycles. The van der Waals surface area contributed by atoms with Gasteiger partial charge in [0.15, 0.2) is 17.3 Å². The van der Waals surface area contributed by atoms with Gasteiger partial charge in [0.1, 0.15) is 19.5 Å². The molecule has 0 aliphatic carbocycles. The highest BCUT2D eigenvalue weighted by Gasteiger charge is 2.35. The zero-order chi connectivity index (χ0) is 22.1. The molecule has 0 radical (unpaired) electrons. The predicted octanol–water partition coefficient (Wildman–Crippen LogP) is 2.73. The molecule has 0 saturated carbocycles. The molecule has 2 aromatic carbocycles. The molecular formula is C23H23N5O4. The van der Waals surface area contributed by atoms with Crippen molar-refractivity contribution in [2.75, 3.05) is 30.0 Å². The average Bonchev–Trinajstić information content (AvgIpc) is 3.45. The molecule has 1 N–H and O–H groups in total. The van der Waals surface area contributed by atoms with Gasteiger partial charge in [-0.1, -0.05) is 12.1 Å². The van der Waals surface area contributed by atoms with Gasteiger partial charge in [-0.05, 0) is 31.2 Å². The molecule has 1 saturated heterocycles. The molecule has 1 atom stereocenters. The predicted molar refractivity (Wildman–Crippen MR) is 118 cm³/mol. The summed E-state index contributed by atoms with van der Waals surface area (Å²) < 4.78 is 13.1. The van der Waals surface area contributed by atoms with Crippen molar-refractivity contribution in [2.45, 2.75) is 19.9 Å². The lowest BCUT2D eigenvalue weighted by atomic mass is 10.1. The first-order valence-corrected chi connectivity index (χ1v) is 10.6. The molecule has 2 amide bonds. The first-order valence-electron chi connectivity index (χ1n) is 10.6. The molecule has 3 aromatic rings. The number of hydrogen-bond donors (Lipinski definition) is 1. The summed E-state index contributed by atoms with van der Waals surface area (Å²) in [5.74, 6) is 1.30.